The van der Waals surface area contributed by atoms with Gasteiger partial charge in [0.2, 0.25) is 0 Å². The van der Waals surface area contributed by atoms with Gasteiger partial charge in [-0.3, -0.25) is 0 Å². The van der Waals surface area contributed by atoms with Crippen LogP contribution >= 0.6 is 0 Å². The summed E-state index contributed by atoms with van der Waals surface area (Å²) in [6.07, 6.45) is 0.908. The molecule has 1 aromatic rings. The quantitative estimate of drug-likeness (QED) is 0.787. The molecule has 0 atom stereocenters. The molecule has 6 heteroatoms. The van der Waals surface area contributed by atoms with Crippen LogP contribution in [0, 0.1) is 0 Å². The average Bonchev–Trinajstić information content (AvgIpc) is 2.14. The van der Waals surface area contributed by atoms with E-state index in [2.05, 4.69) is 0 Å². The number of carboxylic acid groups (broad SMARTS) is 1. The van der Waals surface area contributed by atoms with Crippen LogP contribution in [-0.4, -0.2) is 18.1 Å². The standard InChI is InChI=1S/C9H7BF3O2/c11-10(12,13)6-5-7-1-3-8(4-2-7)9(14)15/h1-6H,(H,14,15)/q-1/b6-5+. The lowest BCUT2D eigenvalue weighted by Crippen LogP contribution is -2.09. The van der Waals surface area contributed by atoms with Crippen LogP contribution in [-0.2, 0) is 0 Å². The molecule has 1 rings (SSSR count). The summed E-state index contributed by atoms with van der Waals surface area (Å²) in [4.78, 5) is 10.4. The lowest BCUT2D eigenvalue weighted by atomic mass is 9.90. The predicted molar refractivity (Wildman–Crippen MR) is 51.5 cm³/mol. The second-order valence-electron chi connectivity index (χ2n) is 2.91. The molecule has 0 saturated carbocycles. The minimum absolute atomic E-state index is 0.0460. The van der Waals surface area contributed by atoms with Crippen LogP contribution in [0.5, 0.6) is 0 Å². The summed E-state index contributed by atoms with van der Waals surface area (Å²) < 4.78 is 35.5. The van der Waals surface area contributed by atoms with Gasteiger partial charge in [-0.1, -0.05) is 18.2 Å². The van der Waals surface area contributed by atoms with E-state index in [1.165, 1.54) is 24.3 Å². The minimum Gasteiger partial charge on any atom is -0.478 e. The molecule has 1 aromatic carbocycles. The summed E-state index contributed by atoms with van der Waals surface area (Å²) in [5, 5.41) is 8.54. The van der Waals surface area contributed by atoms with Crippen LogP contribution < -0.4 is 0 Å². The highest BCUT2D eigenvalue weighted by atomic mass is 19.4. The third-order valence-corrected chi connectivity index (χ3v) is 1.66. The van der Waals surface area contributed by atoms with E-state index in [4.69, 9.17) is 5.11 Å². The number of aromatic carboxylic acids is 1. The first kappa shape index (κ1) is 11.4. The molecule has 0 radical (unpaired) electrons. The summed E-state index contributed by atoms with van der Waals surface area (Å²) in [6.45, 7) is -4.95. The maximum Gasteiger partial charge on any atom is 0.502 e. The Morgan fingerprint density at radius 1 is 1.20 bits per heavy atom. The SMILES string of the molecule is O=C(O)c1ccc(/C=C/[B-](F)(F)F)cc1. The Morgan fingerprint density at radius 3 is 2.13 bits per heavy atom. The Hall–Kier alpha value is -1.72. The Bertz CT molecular complexity index is 381. The van der Waals surface area contributed by atoms with Gasteiger partial charge in [0.25, 0.3) is 0 Å². The zero-order valence-electron chi connectivity index (χ0n) is 7.53. The molecule has 0 amide bonds. The second-order valence-corrected chi connectivity index (χ2v) is 2.91. The van der Waals surface area contributed by atoms with Crippen molar-refractivity contribution in [3.8, 4) is 0 Å². The van der Waals surface area contributed by atoms with Crippen molar-refractivity contribution in [1.29, 1.82) is 0 Å². The Balaban J connectivity index is 2.82. The summed E-state index contributed by atoms with van der Waals surface area (Å²) in [5.74, 6) is -0.943. The van der Waals surface area contributed by atoms with Gasteiger partial charge < -0.3 is 18.1 Å². The number of hydrogen-bond acceptors (Lipinski definition) is 1. The van der Waals surface area contributed by atoms with Crippen LogP contribution in [0.15, 0.2) is 30.2 Å². The van der Waals surface area contributed by atoms with Crippen molar-refractivity contribution in [3.05, 3.63) is 41.4 Å². The third kappa shape index (κ3) is 3.89. The number of benzene rings is 1. The first-order valence-electron chi connectivity index (χ1n) is 4.11. The molecule has 0 unspecified atom stereocenters. The molecule has 15 heavy (non-hydrogen) atoms. The van der Waals surface area contributed by atoms with E-state index in [1.54, 1.807) is 0 Å². The lowest BCUT2D eigenvalue weighted by Gasteiger charge is -2.06. The molecule has 0 aromatic heterocycles. The number of carboxylic acids is 1. The fourth-order valence-corrected chi connectivity index (χ4v) is 0.957. The van der Waals surface area contributed by atoms with Gasteiger partial charge in [-0.25, -0.2) is 4.79 Å². The van der Waals surface area contributed by atoms with E-state index in [9.17, 15) is 17.7 Å². The van der Waals surface area contributed by atoms with E-state index in [-0.39, 0.29) is 11.5 Å². The molecule has 0 fully saturated rings. The molecule has 0 saturated heterocycles. The van der Waals surface area contributed by atoms with Crippen molar-refractivity contribution in [2.45, 2.75) is 0 Å². The summed E-state index contributed by atoms with van der Waals surface area (Å²) in [5.41, 5.74) is 0.365. The van der Waals surface area contributed by atoms with Crippen molar-refractivity contribution >= 4 is 19.0 Å². The van der Waals surface area contributed by atoms with Crippen LogP contribution in [0.25, 0.3) is 6.08 Å². The smallest absolute Gasteiger partial charge is 0.478 e. The molecule has 0 bridgehead atoms. The number of carbonyl (C=O) groups is 1. The molecule has 0 aliphatic heterocycles. The fraction of sp³-hybridized carbons (Fsp3) is 0. The van der Waals surface area contributed by atoms with Gasteiger partial charge >= 0.3 is 12.9 Å². The van der Waals surface area contributed by atoms with Crippen molar-refractivity contribution < 1.29 is 22.8 Å². The van der Waals surface area contributed by atoms with Crippen molar-refractivity contribution in [2.24, 2.45) is 0 Å². The Kier molecular flexibility index (Phi) is 3.19. The van der Waals surface area contributed by atoms with Gasteiger partial charge in [0.1, 0.15) is 0 Å². The highest BCUT2D eigenvalue weighted by Crippen LogP contribution is 2.13. The van der Waals surface area contributed by atoms with E-state index in [0.29, 0.717) is 5.56 Å². The summed E-state index contributed by atoms with van der Waals surface area (Å²) >= 11 is 0. The maximum atomic E-state index is 11.8. The number of hydrogen-bond donors (Lipinski definition) is 1. The molecular formula is C9H7BF3O2-. The molecule has 0 aliphatic carbocycles. The minimum atomic E-state index is -4.95. The lowest BCUT2D eigenvalue weighted by molar-refractivity contribution is 0.0697. The van der Waals surface area contributed by atoms with Gasteiger partial charge in [0, 0.05) is 0 Å². The Labute approximate surface area is 84.1 Å². The first-order valence-corrected chi connectivity index (χ1v) is 4.11. The second kappa shape index (κ2) is 4.21. The average molecular weight is 215 g/mol. The van der Waals surface area contributed by atoms with Crippen molar-refractivity contribution in [1.82, 2.24) is 0 Å². The van der Waals surface area contributed by atoms with Crippen molar-refractivity contribution in [2.75, 3.05) is 0 Å². The van der Waals surface area contributed by atoms with E-state index < -0.39 is 12.9 Å². The molecule has 1 N–H and O–H groups in total. The maximum absolute atomic E-state index is 11.8. The molecular weight excluding hydrogens is 208 g/mol. The number of rotatable bonds is 3. The van der Waals surface area contributed by atoms with Gasteiger partial charge in [0.05, 0.1) is 5.56 Å². The molecule has 80 valence electrons. The van der Waals surface area contributed by atoms with Crippen molar-refractivity contribution in [3.63, 3.8) is 0 Å². The van der Waals surface area contributed by atoms with Gasteiger partial charge in [-0.15, -0.1) is 5.98 Å². The molecule has 0 heterocycles. The number of halogens is 3. The summed E-state index contributed by atoms with van der Waals surface area (Å²) in [7, 11) is 0. The van der Waals surface area contributed by atoms with Crippen LogP contribution in [0.2, 0.25) is 0 Å². The molecule has 0 aliphatic rings. The van der Waals surface area contributed by atoms with E-state index >= 15 is 0 Å². The first-order chi connectivity index (χ1) is 6.88. The van der Waals surface area contributed by atoms with Crippen LogP contribution in [0.4, 0.5) is 12.9 Å². The van der Waals surface area contributed by atoms with Gasteiger partial charge in [-0.2, -0.15) is 0 Å². The predicted octanol–water partition coefficient (Wildman–Crippen LogP) is 2.78. The normalized spacial score (nSPS) is 11.9. The highest BCUT2D eigenvalue weighted by Gasteiger charge is 2.16. The highest BCUT2D eigenvalue weighted by molar-refractivity contribution is 6.64. The monoisotopic (exact) mass is 215 g/mol. The third-order valence-electron chi connectivity index (χ3n) is 1.66. The summed E-state index contributed by atoms with van der Waals surface area (Å²) in [6, 6.07) is 5.15. The van der Waals surface area contributed by atoms with E-state index in [0.717, 1.165) is 6.08 Å². The van der Waals surface area contributed by atoms with Gasteiger partial charge in [0.15, 0.2) is 0 Å². The molecule has 0 spiro atoms. The fourth-order valence-electron chi connectivity index (χ4n) is 0.957. The van der Waals surface area contributed by atoms with Crippen LogP contribution in [0.3, 0.4) is 0 Å². The largest absolute Gasteiger partial charge is 0.502 e. The van der Waals surface area contributed by atoms with Crippen LogP contribution in [0.1, 0.15) is 15.9 Å². The van der Waals surface area contributed by atoms with Gasteiger partial charge in [-0.05, 0) is 17.7 Å². The van der Waals surface area contributed by atoms with E-state index in [1.807, 2.05) is 0 Å². The topological polar surface area (TPSA) is 37.3 Å². The zero-order valence-corrected chi connectivity index (χ0v) is 7.53. The zero-order chi connectivity index (χ0) is 11.5. The molecule has 2 nitrogen and oxygen atoms in total. The Morgan fingerprint density at radius 2 is 1.73 bits per heavy atom.